The fraction of sp³-hybridized carbons (Fsp3) is 0.333. The number of anilines is 1. The highest BCUT2D eigenvalue weighted by Crippen LogP contribution is 2.31. The van der Waals surface area contributed by atoms with Gasteiger partial charge in [-0.25, -0.2) is 15.0 Å². The Bertz CT molecular complexity index is 1350. The topological polar surface area (TPSA) is 129 Å². The van der Waals surface area contributed by atoms with Crippen LogP contribution in [0.4, 0.5) is 23.9 Å². The Morgan fingerprint density at radius 2 is 2.00 bits per heavy atom. The zero-order chi connectivity index (χ0) is 26.7. The van der Waals surface area contributed by atoms with Crippen molar-refractivity contribution in [3.63, 3.8) is 0 Å². The number of H-pyrrole nitrogens is 1. The number of halogens is 3. The number of alkyl halides is 3. The standard InChI is InChI=1S/C24H23F3N8O2S/c25-24(26,27)20-8-15(7-18(33-20)16-12-30-31-13-16)11-28-10-14-2-5-35(6-3-14)22-29-4-1-17(32-22)9-19-21(36)34-23(37)38-19/h1,4,7-9,12-14,28H,2-3,5-6,10-11H2,(H,30,31)(H,34,36,37). The van der Waals surface area contributed by atoms with Crippen LogP contribution in [0.25, 0.3) is 17.3 Å². The number of rotatable bonds is 7. The number of aromatic amines is 1. The molecule has 3 aromatic heterocycles. The van der Waals surface area contributed by atoms with Crippen LogP contribution in [0.2, 0.25) is 0 Å². The summed E-state index contributed by atoms with van der Waals surface area (Å²) in [4.78, 5) is 38.1. The molecule has 2 aliphatic heterocycles. The van der Waals surface area contributed by atoms with Gasteiger partial charge in [-0.1, -0.05) is 0 Å². The molecular formula is C24H23F3N8O2S. The summed E-state index contributed by atoms with van der Waals surface area (Å²) in [5.41, 5.74) is 0.812. The van der Waals surface area contributed by atoms with Crippen molar-refractivity contribution in [3.8, 4) is 11.3 Å². The number of pyridine rings is 1. The van der Waals surface area contributed by atoms with E-state index >= 15 is 0 Å². The Morgan fingerprint density at radius 3 is 2.68 bits per heavy atom. The van der Waals surface area contributed by atoms with Crippen LogP contribution in [0, 0.1) is 5.92 Å². The van der Waals surface area contributed by atoms with Crippen LogP contribution in [-0.4, -0.2) is 55.9 Å². The first-order valence-electron chi connectivity index (χ1n) is 11.9. The predicted octanol–water partition coefficient (Wildman–Crippen LogP) is 3.61. The zero-order valence-electron chi connectivity index (χ0n) is 20.0. The monoisotopic (exact) mass is 544 g/mol. The zero-order valence-corrected chi connectivity index (χ0v) is 20.8. The summed E-state index contributed by atoms with van der Waals surface area (Å²) in [6.07, 6.45) is 3.30. The number of piperidine rings is 1. The van der Waals surface area contributed by atoms with Crippen LogP contribution >= 0.6 is 11.8 Å². The third kappa shape index (κ3) is 6.19. The Balaban J connectivity index is 1.16. The van der Waals surface area contributed by atoms with E-state index in [0.29, 0.717) is 35.2 Å². The number of nitrogens with zero attached hydrogens (tertiary/aromatic N) is 5. The molecule has 0 saturated carbocycles. The lowest BCUT2D eigenvalue weighted by Gasteiger charge is -2.32. The Hall–Kier alpha value is -3.78. The fourth-order valence-electron chi connectivity index (χ4n) is 4.28. The highest BCUT2D eigenvalue weighted by atomic mass is 32.2. The number of carbonyl (C=O) groups is 2. The molecule has 3 aromatic rings. The van der Waals surface area contributed by atoms with E-state index in [1.165, 1.54) is 12.4 Å². The van der Waals surface area contributed by atoms with Gasteiger partial charge < -0.3 is 10.2 Å². The van der Waals surface area contributed by atoms with Gasteiger partial charge in [-0.3, -0.25) is 20.0 Å². The number of nitrogens with one attached hydrogen (secondary N) is 3. The first-order valence-corrected chi connectivity index (χ1v) is 12.7. The van der Waals surface area contributed by atoms with Gasteiger partial charge in [0.25, 0.3) is 11.1 Å². The molecule has 5 rings (SSSR count). The summed E-state index contributed by atoms with van der Waals surface area (Å²) in [6.45, 7) is 2.38. The fourth-order valence-corrected chi connectivity index (χ4v) is 4.95. The predicted molar refractivity (Wildman–Crippen MR) is 135 cm³/mol. The van der Waals surface area contributed by atoms with Crippen molar-refractivity contribution in [2.24, 2.45) is 5.92 Å². The van der Waals surface area contributed by atoms with Crippen molar-refractivity contribution in [1.82, 2.24) is 35.8 Å². The smallest absolute Gasteiger partial charge is 0.341 e. The number of hydrogen-bond acceptors (Lipinski definition) is 9. The summed E-state index contributed by atoms with van der Waals surface area (Å²) < 4.78 is 40.1. The quantitative estimate of drug-likeness (QED) is 0.382. The van der Waals surface area contributed by atoms with Gasteiger partial charge in [0.05, 0.1) is 22.5 Å². The molecule has 0 radical (unpaired) electrons. The molecule has 2 amide bonds. The first kappa shape index (κ1) is 25.9. The highest BCUT2D eigenvalue weighted by Gasteiger charge is 2.33. The molecule has 0 aliphatic carbocycles. The van der Waals surface area contributed by atoms with Crippen LogP contribution < -0.4 is 15.5 Å². The van der Waals surface area contributed by atoms with E-state index in [4.69, 9.17) is 0 Å². The maximum Gasteiger partial charge on any atom is 0.433 e. The average molecular weight is 545 g/mol. The van der Waals surface area contributed by atoms with Crippen LogP contribution in [0.3, 0.4) is 0 Å². The summed E-state index contributed by atoms with van der Waals surface area (Å²) in [5, 5.41) is 11.5. The lowest BCUT2D eigenvalue weighted by molar-refractivity contribution is -0.141. The molecule has 0 spiro atoms. The van der Waals surface area contributed by atoms with Gasteiger partial charge in [-0.05, 0) is 66.9 Å². The van der Waals surface area contributed by atoms with E-state index in [9.17, 15) is 22.8 Å². The van der Waals surface area contributed by atoms with E-state index in [2.05, 4.69) is 40.7 Å². The van der Waals surface area contributed by atoms with Gasteiger partial charge >= 0.3 is 6.18 Å². The number of imide groups is 1. The third-order valence-electron chi connectivity index (χ3n) is 6.21. The average Bonchev–Trinajstić information content (AvgIpc) is 3.54. The van der Waals surface area contributed by atoms with Crippen LogP contribution in [0.1, 0.15) is 29.8 Å². The molecule has 2 fully saturated rings. The van der Waals surface area contributed by atoms with Crippen molar-refractivity contribution in [2.75, 3.05) is 24.5 Å². The minimum atomic E-state index is -4.54. The second kappa shape index (κ2) is 10.9. The Kier molecular flexibility index (Phi) is 7.42. The minimum Gasteiger partial charge on any atom is -0.341 e. The van der Waals surface area contributed by atoms with E-state index in [1.807, 2.05) is 0 Å². The maximum absolute atomic E-state index is 13.4. The molecule has 0 unspecified atom stereocenters. The lowest BCUT2D eigenvalue weighted by atomic mass is 9.97. The summed E-state index contributed by atoms with van der Waals surface area (Å²) in [6, 6.07) is 4.38. The SMILES string of the molecule is O=C1NC(=O)C(=Cc2ccnc(N3CCC(CNCc4cc(-c5cn[nH]c5)nc(C(F)(F)F)c4)CC3)n2)S1. The maximum atomic E-state index is 13.4. The molecule has 5 heterocycles. The van der Waals surface area contributed by atoms with Crippen molar-refractivity contribution in [3.05, 3.63) is 58.6 Å². The molecule has 10 nitrogen and oxygen atoms in total. The summed E-state index contributed by atoms with van der Waals surface area (Å²) in [7, 11) is 0. The molecule has 38 heavy (non-hydrogen) atoms. The Labute approximate surface area is 219 Å². The van der Waals surface area contributed by atoms with E-state index in [-0.39, 0.29) is 17.1 Å². The molecule has 14 heteroatoms. The molecule has 0 atom stereocenters. The van der Waals surface area contributed by atoms with Crippen LogP contribution in [-0.2, 0) is 17.5 Å². The number of carbonyl (C=O) groups excluding carboxylic acids is 2. The summed E-state index contributed by atoms with van der Waals surface area (Å²) in [5.74, 6) is 0.453. The molecular weight excluding hydrogens is 521 g/mol. The van der Waals surface area contributed by atoms with Gasteiger partial charge in [-0.15, -0.1) is 0 Å². The summed E-state index contributed by atoms with van der Waals surface area (Å²) >= 11 is 0.835. The molecule has 2 saturated heterocycles. The molecule has 0 bridgehead atoms. The lowest BCUT2D eigenvalue weighted by Crippen LogP contribution is -2.38. The normalized spacial score (nSPS) is 17.9. The van der Waals surface area contributed by atoms with Crippen molar-refractivity contribution in [1.29, 1.82) is 0 Å². The van der Waals surface area contributed by atoms with E-state index in [1.54, 1.807) is 24.4 Å². The Morgan fingerprint density at radius 1 is 1.18 bits per heavy atom. The minimum absolute atomic E-state index is 0.218. The second-order valence-electron chi connectivity index (χ2n) is 8.93. The number of amides is 2. The van der Waals surface area contributed by atoms with E-state index < -0.39 is 23.0 Å². The van der Waals surface area contributed by atoms with Crippen molar-refractivity contribution >= 4 is 34.9 Å². The van der Waals surface area contributed by atoms with Gasteiger partial charge in [-0.2, -0.15) is 18.3 Å². The van der Waals surface area contributed by atoms with Crippen LogP contribution in [0.5, 0.6) is 0 Å². The van der Waals surface area contributed by atoms with Crippen molar-refractivity contribution in [2.45, 2.75) is 25.6 Å². The molecule has 198 valence electrons. The van der Waals surface area contributed by atoms with E-state index in [0.717, 1.165) is 43.8 Å². The van der Waals surface area contributed by atoms with Crippen LogP contribution in [0.15, 0.2) is 41.7 Å². The number of thioether (sulfide) groups is 1. The third-order valence-corrected chi connectivity index (χ3v) is 7.03. The largest absolute Gasteiger partial charge is 0.433 e. The number of aromatic nitrogens is 5. The van der Waals surface area contributed by atoms with Crippen molar-refractivity contribution < 1.29 is 22.8 Å². The molecule has 0 aromatic carbocycles. The van der Waals surface area contributed by atoms with Gasteiger partial charge in [0.2, 0.25) is 5.95 Å². The highest BCUT2D eigenvalue weighted by molar-refractivity contribution is 8.18. The first-order chi connectivity index (χ1) is 18.2. The molecule has 3 N–H and O–H groups in total. The molecule has 2 aliphatic rings. The van der Waals surface area contributed by atoms with Gasteiger partial charge in [0.15, 0.2) is 0 Å². The van der Waals surface area contributed by atoms with Gasteiger partial charge in [0, 0.05) is 37.6 Å². The van der Waals surface area contributed by atoms with Gasteiger partial charge in [0.1, 0.15) is 5.69 Å². The second-order valence-corrected chi connectivity index (χ2v) is 9.94. The number of hydrogen-bond donors (Lipinski definition) is 3.